The highest BCUT2D eigenvalue weighted by Gasteiger charge is 2.38. The molecule has 0 bridgehead atoms. The van der Waals surface area contributed by atoms with E-state index in [4.69, 9.17) is 5.11 Å². The Morgan fingerprint density at radius 3 is 2.63 bits per heavy atom. The van der Waals surface area contributed by atoms with Crippen molar-refractivity contribution in [2.45, 2.75) is 58.4 Å². The third-order valence-corrected chi connectivity index (χ3v) is 4.02. The van der Waals surface area contributed by atoms with Crippen LogP contribution in [0.15, 0.2) is 0 Å². The molecule has 1 aliphatic rings. The van der Waals surface area contributed by atoms with Crippen molar-refractivity contribution in [3.05, 3.63) is 0 Å². The number of carbonyl (C=O) groups excluding carboxylic acids is 1. The molecule has 5 nitrogen and oxygen atoms in total. The van der Waals surface area contributed by atoms with E-state index >= 15 is 0 Å². The van der Waals surface area contributed by atoms with Crippen molar-refractivity contribution in [3.63, 3.8) is 0 Å². The van der Waals surface area contributed by atoms with Gasteiger partial charge in [0.15, 0.2) is 0 Å². The lowest BCUT2D eigenvalue weighted by Gasteiger charge is -2.36. The van der Waals surface area contributed by atoms with E-state index in [1.54, 1.807) is 0 Å². The summed E-state index contributed by atoms with van der Waals surface area (Å²) >= 11 is 0. The van der Waals surface area contributed by atoms with Gasteiger partial charge in [-0.1, -0.05) is 20.3 Å². The first-order valence-electron chi connectivity index (χ1n) is 7.27. The van der Waals surface area contributed by atoms with Crippen molar-refractivity contribution < 1.29 is 14.7 Å². The Hall–Kier alpha value is -1.10. The van der Waals surface area contributed by atoms with E-state index < -0.39 is 5.97 Å². The molecule has 0 aromatic heterocycles. The third kappa shape index (κ3) is 4.49. The second kappa shape index (κ2) is 7.48. The third-order valence-electron chi connectivity index (χ3n) is 4.02. The molecule has 0 radical (unpaired) electrons. The number of amides is 1. The van der Waals surface area contributed by atoms with Gasteiger partial charge >= 0.3 is 5.97 Å². The minimum atomic E-state index is -0.855. The fourth-order valence-electron chi connectivity index (χ4n) is 2.75. The SMILES string of the molecule is CCCC(CC(=O)O)NC(=O)C1(CC)CCCNC1. The number of carboxylic acid groups (broad SMARTS) is 1. The van der Waals surface area contributed by atoms with Crippen LogP contribution >= 0.6 is 0 Å². The summed E-state index contributed by atoms with van der Waals surface area (Å²) in [5.41, 5.74) is -0.358. The van der Waals surface area contributed by atoms with E-state index in [1.165, 1.54) is 0 Å². The second-order valence-electron chi connectivity index (χ2n) is 5.47. The highest BCUT2D eigenvalue weighted by atomic mass is 16.4. The monoisotopic (exact) mass is 270 g/mol. The molecule has 1 rings (SSSR count). The Morgan fingerprint density at radius 2 is 2.16 bits per heavy atom. The summed E-state index contributed by atoms with van der Waals surface area (Å²) < 4.78 is 0. The predicted octanol–water partition coefficient (Wildman–Crippen LogP) is 1.53. The number of piperidine rings is 1. The van der Waals surface area contributed by atoms with Gasteiger partial charge < -0.3 is 15.7 Å². The molecule has 3 N–H and O–H groups in total. The molecule has 0 aromatic rings. The van der Waals surface area contributed by atoms with Crippen LogP contribution in [0.1, 0.15) is 52.4 Å². The molecule has 1 fully saturated rings. The van der Waals surface area contributed by atoms with E-state index in [0.29, 0.717) is 13.0 Å². The number of carboxylic acids is 1. The number of hydrogen-bond acceptors (Lipinski definition) is 3. The van der Waals surface area contributed by atoms with E-state index in [2.05, 4.69) is 10.6 Å². The zero-order chi connectivity index (χ0) is 14.3. The summed E-state index contributed by atoms with van der Waals surface area (Å²) in [6.45, 7) is 5.68. The Morgan fingerprint density at radius 1 is 1.42 bits per heavy atom. The molecule has 0 spiro atoms. The van der Waals surface area contributed by atoms with Crippen molar-refractivity contribution in [1.82, 2.24) is 10.6 Å². The number of nitrogens with one attached hydrogen (secondary N) is 2. The first-order chi connectivity index (χ1) is 9.04. The van der Waals surface area contributed by atoms with Crippen LogP contribution in [0.3, 0.4) is 0 Å². The summed E-state index contributed by atoms with van der Waals surface area (Å²) in [5.74, 6) is -0.840. The van der Waals surface area contributed by atoms with Gasteiger partial charge in [0.05, 0.1) is 11.8 Å². The maximum absolute atomic E-state index is 12.5. The minimum absolute atomic E-state index is 0.00675. The van der Waals surface area contributed by atoms with Gasteiger partial charge in [-0.2, -0.15) is 0 Å². The summed E-state index contributed by atoms with van der Waals surface area (Å²) in [6.07, 6.45) is 4.26. The number of aliphatic carboxylic acids is 1. The lowest BCUT2D eigenvalue weighted by molar-refractivity contribution is -0.138. The highest BCUT2D eigenvalue weighted by Crippen LogP contribution is 2.30. The summed E-state index contributed by atoms with van der Waals surface area (Å²) in [4.78, 5) is 23.3. The lowest BCUT2D eigenvalue weighted by atomic mass is 9.77. The van der Waals surface area contributed by atoms with Crippen LogP contribution in [-0.2, 0) is 9.59 Å². The molecule has 5 heteroatoms. The van der Waals surface area contributed by atoms with Gasteiger partial charge in [0.2, 0.25) is 5.91 Å². The van der Waals surface area contributed by atoms with E-state index in [9.17, 15) is 9.59 Å². The van der Waals surface area contributed by atoms with Crippen LogP contribution < -0.4 is 10.6 Å². The van der Waals surface area contributed by atoms with Crippen LogP contribution in [0.25, 0.3) is 0 Å². The molecule has 2 unspecified atom stereocenters. The number of hydrogen-bond donors (Lipinski definition) is 3. The zero-order valence-corrected chi connectivity index (χ0v) is 12.0. The molecule has 1 heterocycles. The quantitative estimate of drug-likeness (QED) is 0.655. The Kier molecular flexibility index (Phi) is 6.28. The lowest BCUT2D eigenvalue weighted by Crippen LogP contribution is -2.52. The first kappa shape index (κ1) is 16.0. The molecular formula is C14H26N2O3. The number of rotatable bonds is 7. The van der Waals surface area contributed by atoms with Crippen molar-refractivity contribution in [2.75, 3.05) is 13.1 Å². The van der Waals surface area contributed by atoms with Gasteiger partial charge in [0.1, 0.15) is 0 Å². The second-order valence-corrected chi connectivity index (χ2v) is 5.47. The molecule has 1 amide bonds. The van der Waals surface area contributed by atoms with Crippen molar-refractivity contribution >= 4 is 11.9 Å². The molecule has 0 aromatic carbocycles. The van der Waals surface area contributed by atoms with Crippen LogP contribution in [0.5, 0.6) is 0 Å². The topological polar surface area (TPSA) is 78.4 Å². The molecule has 19 heavy (non-hydrogen) atoms. The average molecular weight is 270 g/mol. The molecule has 0 saturated carbocycles. The maximum Gasteiger partial charge on any atom is 0.305 e. The van der Waals surface area contributed by atoms with Crippen LogP contribution in [0.4, 0.5) is 0 Å². The van der Waals surface area contributed by atoms with Crippen molar-refractivity contribution in [2.24, 2.45) is 5.41 Å². The van der Waals surface area contributed by atoms with Gasteiger partial charge in [-0.3, -0.25) is 9.59 Å². The fraction of sp³-hybridized carbons (Fsp3) is 0.857. The normalized spacial score (nSPS) is 24.7. The smallest absolute Gasteiger partial charge is 0.305 e. The van der Waals surface area contributed by atoms with Gasteiger partial charge in [-0.05, 0) is 32.2 Å². The van der Waals surface area contributed by atoms with E-state index in [1.807, 2.05) is 13.8 Å². The Balaban J connectivity index is 2.65. The molecule has 1 saturated heterocycles. The van der Waals surface area contributed by atoms with Gasteiger partial charge in [-0.15, -0.1) is 0 Å². The molecule has 2 atom stereocenters. The molecule has 1 aliphatic heterocycles. The van der Waals surface area contributed by atoms with Crippen LogP contribution in [0, 0.1) is 5.41 Å². The summed E-state index contributed by atoms with van der Waals surface area (Å²) in [5, 5.41) is 15.1. The van der Waals surface area contributed by atoms with Crippen molar-refractivity contribution in [1.29, 1.82) is 0 Å². The van der Waals surface area contributed by atoms with Gasteiger partial charge in [0, 0.05) is 12.6 Å². The Labute approximate surface area is 115 Å². The van der Waals surface area contributed by atoms with Gasteiger partial charge in [-0.25, -0.2) is 0 Å². The number of carbonyl (C=O) groups is 2. The minimum Gasteiger partial charge on any atom is -0.481 e. The molecular weight excluding hydrogens is 244 g/mol. The maximum atomic E-state index is 12.5. The fourth-order valence-corrected chi connectivity index (χ4v) is 2.75. The summed E-state index contributed by atoms with van der Waals surface area (Å²) in [7, 11) is 0. The standard InChI is InChI=1S/C14H26N2O3/c1-3-6-11(9-12(17)18)16-13(19)14(4-2)7-5-8-15-10-14/h11,15H,3-10H2,1-2H3,(H,16,19)(H,17,18). The average Bonchev–Trinajstić information content (AvgIpc) is 2.39. The van der Waals surface area contributed by atoms with Crippen molar-refractivity contribution in [3.8, 4) is 0 Å². The molecule has 0 aliphatic carbocycles. The van der Waals surface area contributed by atoms with E-state index in [0.717, 1.165) is 32.2 Å². The zero-order valence-electron chi connectivity index (χ0n) is 12.0. The summed E-state index contributed by atoms with van der Waals surface area (Å²) in [6, 6.07) is -0.250. The Bertz CT molecular complexity index is 312. The highest BCUT2D eigenvalue weighted by molar-refractivity contribution is 5.83. The van der Waals surface area contributed by atoms with Crippen LogP contribution in [0.2, 0.25) is 0 Å². The predicted molar refractivity (Wildman–Crippen MR) is 73.9 cm³/mol. The largest absolute Gasteiger partial charge is 0.481 e. The van der Waals surface area contributed by atoms with E-state index in [-0.39, 0.29) is 23.8 Å². The van der Waals surface area contributed by atoms with Gasteiger partial charge in [0.25, 0.3) is 0 Å². The first-order valence-corrected chi connectivity index (χ1v) is 7.27. The molecule has 110 valence electrons. The van der Waals surface area contributed by atoms with Crippen LogP contribution in [-0.4, -0.2) is 36.1 Å².